The summed E-state index contributed by atoms with van der Waals surface area (Å²) in [6, 6.07) is 23.0. The summed E-state index contributed by atoms with van der Waals surface area (Å²) in [6.07, 6.45) is 6.17. The molecule has 0 radical (unpaired) electrons. The predicted octanol–water partition coefficient (Wildman–Crippen LogP) is 7.15. The standard InChI is InChI=1S/C26H24N4O3.C11H14N4O/c1-16(2)23(25-30-29-24(33-25)17-11-13-27-14-12-17)28-26(31)32-15-22-20-9-5-3-7-18(20)19-8-4-6-10-21(19)22;1-7(2)9(12)11-15-14-10(16-11)8-3-5-13-6-4-8/h3-14,16,22-23H,15H2,1-2H3,(H,28,31);3-7,9H,12H2,1-2H3/t23-;9-/m00/s1. The van der Waals surface area contributed by atoms with Crippen molar-refractivity contribution in [3.05, 3.63) is 120 Å². The van der Waals surface area contributed by atoms with E-state index in [9.17, 15) is 4.79 Å². The van der Waals surface area contributed by atoms with Crippen LogP contribution < -0.4 is 11.1 Å². The van der Waals surface area contributed by atoms with Crippen LogP contribution in [0.4, 0.5) is 4.79 Å². The van der Waals surface area contributed by atoms with Crippen LogP contribution >= 0.6 is 0 Å². The molecule has 0 fully saturated rings. The maximum atomic E-state index is 12.8. The predicted molar refractivity (Wildman–Crippen MR) is 183 cm³/mol. The molecule has 6 aromatic rings. The van der Waals surface area contributed by atoms with Gasteiger partial charge in [0.1, 0.15) is 12.6 Å². The van der Waals surface area contributed by atoms with Gasteiger partial charge >= 0.3 is 6.09 Å². The fraction of sp³-hybridized carbons (Fsp3) is 0.270. The first-order valence-electron chi connectivity index (χ1n) is 16.1. The van der Waals surface area contributed by atoms with Crippen LogP contribution in [0.1, 0.15) is 68.6 Å². The third-order valence-corrected chi connectivity index (χ3v) is 8.29. The highest BCUT2D eigenvalue weighted by Crippen LogP contribution is 2.44. The van der Waals surface area contributed by atoms with Gasteiger partial charge in [-0.3, -0.25) is 9.97 Å². The Morgan fingerprint density at radius 3 is 1.71 bits per heavy atom. The second-order valence-electron chi connectivity index (χ2n) is 12.3. The van der Waals surface area contributed by atoms with Gasteiger partial charge in [-0.05, 0) is 58.4 Å². The van der Waals surface area contributed by atoms with E-state index in [0.29, 0.717) is 23.6 Å². The summed E-state index contributed by atoms with van der Waals surface area (Å²) >= 11 is 0. The lowest BCUT2D eigenvalue weighted by atomic mass is 9.98. The first-order chi connectivity index (χ1) is 23.8. The zero-order valence-corrected chi connectivity index (χ0v) is 27.7. The molecule has 0 spiro atoms. The molecule has 4 aromatic heterocycles. The van der Waals surface area contributed by atoms with Crippen LogP contribution in [0, 0.1) is 11.8 Å². The van der Waals surface area contributed by atoms with Gasteiger partial charge in [0.2, 0.25) is 23.6 Å². The van der Waals surface area contributed by atoms with E-state index < -0.39 is 12.1 Å². The highest BCUT2D eigenvalue weighted by Gasteiger charge is 2.30. The third kappa shape index (κ3) is 7.54. The molecule has 1 aliphatic rings. The van der Waals surface area contributed by atoms with Crippen molar-refractivity contribution in [3.63, 3.8) is 0 Å². The van der Waals surface area contributed by atoms with Crippen molar-refractivity contribution in [2.45, 2.75) is 45.7 Å². The smallest absolute Gasteiger partial charge is 0.407 e. The second kappa shape index (κ2) is 15.0. The number of carbonyl (C=O) groups is 1. The number of rotatable bonds is 9. The van der Waals surface area contributed by atoms with Gasteiger partial charge in [0.25, 0.3) is 0 Å². The number of amides is 1. The van der Waals surface area contributed by atoms with Crippen LogP contribution in [0.2, 0.25) is 0 Å². The molecule has 250 valence electrons. The maximum absolute atomic E-state index is 12.8. The summed E-state index contributed by atoms with van der Waals surface area (Å²) < 4.78 is 17.0. The number of benzene rings is 2. The number of nitrogens with two attached hydrogens (primary N) is 1. The van der Waals surface area contributed by atoms with Gasteiger partial charge in [-0.1, -0.05) is 76.2 Å². The van der Waals surface area contributed by atoms with E-state index in [1.54, 1.807) is 36.9 Å². The minimum absolute atomic E-state index is 0.00217. The molecule has 0 unspecified atom stereocenters. The zero-order chi connectivity index (χ0) is 34.3. The van der Waals surface area contributed by atoms with Crippen LogP contribution in [0.5, 0.6) is 0 Å². The molecule has 49 heavy (non-hydrogen) atoms. The van der Waals surface area contributed by atoms with E-state index >= 15 is 0 Å². The number of ether oxygens (including phenoxy) is 1. The van der Waals surface area contributed by atoms with Crippen LogP contribution in [-0.2, 0) is 4.74 Å². The van der Waals surface area contributed by atoms with Crippen molar-refractivity contribution in [2.75, 3.05) is 6.61 Å². The van der Waals surface area contributed by atoms with Gasteiger partial charge in [-0.15, -0.1) is 20.4 Å². The molecular weight excluding hydrogens is 620 g/mol. The van der Waals surface area contributed by atoms with E-state index in [1.165, 1.54) is 22.3 Å². The Bertz CT molecular complexity index is 1930. The SMILES string of the molecule is CC(C)[C@H](N)c1nnc(-c2ccncc2)o1.CC(C)[C@H](NC(=O)OCC1c2ccccc2-c2ccccc21)c1nnc(-c2ccncc2)o1. The lowest BCUT2D eigenvalue weighted by molar-refractivity contribution is 0.133. The Labute approximate surface area is 284 Å². The normalized spacial score (nSPS) is 13.3. The first kappa shape index (κ1) is 33.2. The molecule has 0 saturated heterocycles. The van der Waals surface area contributed by atoms with Crippen molar-refractivity contribution in [1.82, 2.24) is 35.7 Å². The van der Waals surface area contributed by atoms with Crippen LogP contribution in [0.3, 0.4) is 0 Å². The summed E-state index contributed by atoms with van der Waals surface area (Å²) in [5, 5.41) is 19.1. The van der Waals surface area contributed by atoms with Gasteiger partial charge in [0.05, 0.1) is 6.04 Å². The fourth-order valence-corrected chi connectivity index (χ4v) is 5.52. The summed E-state index contributed by atoms with van der Waals surface area (Å²) in [5.74, 6) is 1.97. The fourth-order valence-electron chi connectivity index (χ4n) is 5.52. The average molecular weight is 659 g/mol. The number of aromatic nitrogens is 6. The molecule has 1 amide bonds. The maximum Gasteiger partial charge on any atom is 0.407 e. The number of nitrogens with one attached hydrogen (secondary N) is 1. The number of alkyl carbamates (subject to hydrolysis) is 1. The number of carbonyl (C=O) groups excluding carboxylic acids is 1. The molecule has 12 heteroatoms. The highest BCUT2D eigenvalue weighted by molar-refractivity contribution is 5.79. The van der Waals surface area contributed by atoms with Crippen molar-refractivity contribution >= 4 is 6.09 Å². The van der Waals surface area contributed by atoms with E-state index in [-0.39, 0.29) is 30.4 Å². The first-order valence-corrected chi connectivity index (χ1v) is 16.1. The summed E-state index contributed by atoms with van der Waals surface area (Å²) in [5.41, 5.74) is 12.3. The minimum Gasteiger partial charge on any atom is -0.449 e. The van der Waals surface area contributed by atoms with E-state index in [2.05, 4.69) is 59.9 Å². The van der Waals surface area contributed by atoms with Crippen molar-refractivity contribution < 1.29 is 18.4 Å². The molecule has 3 N–H and O–H groups in total. The number of hydrogen-bond donors (Lipinski definition) is 2. The van der Waals surface area contributed by atoms with Gasteiger partial charge in [0, 0.05) is 41.8 Å². The van der Waals surface area contributed by atoms with Crippen molar-refractivity contribution in [1.29, 1.82) is 0 Å². The van der Waals surface area contributed by atoms with Gasteiger partial charge in [-0.25, -0.2) is 4.79 Å². The Morgan fingerprint density at radius 1 is 0.714 bits per heavy atom. The largest absolute Gasteiger partial charge is 0.449 e. The quantitative estimate of drug-likeness (QED) is 0.162. The van der Waals surface area contributed by atoms with Gasteiger partial charge in [0.15, 0.2) is 0 Å². The summed E-state index contributed by atoms with van der Waals surface area (Å²) in [7, 11) is 0. The van der Waals surface area contributed by atoms with E-state index in [4.69, 9.17) is 19.3 Å². The molecule has 4 heterocycles. The molecule has 0 saturated carbocycles. The van der Waals surface area contributed by atoms with Gasteiger partial charge < -0.3 is 24.6 Å². The molecular formula is C37H38N8O4. The molecule has 2 atom stereocenters. The lowest BCUT2D eigenvalue weighted by Gasteiger charge is -2.20. The average Bonchev–Trinajstić information content (AvgIpc) is 3.89. The Balaban J connectivity index is 0.000000218. The lowest BCUT2D eigenvalue weighted by Crippen LogP contribution is -2.33. The number of fused-ring (bicyclic) bond motifs is 3. The topological polar surface area (TPSA) is 168 Å². The Kier molecular flexibility index (Phi) is 10.1. The summed E-state index contributed by atoms with van der Waals surface area (Å²) in [6.45, 7) is 8.23. The molecule has 2 aromatic carbocycles. The Morgan fingerprint density at radius 2 is 1.20 bits per heavy atom. The van der Waals surface area contributed by atoms with E-state index in [1.807, 2.05) is 64.1 Å². The number of hydrogen-bond acceptors (Lipinski definition) is 11. The Hall–Kier alpha value is -5.75. The van der Waals surface area contributed by atoms with Gasteiger partial charge in [-0.2, -0.15) is 0 Å². The molecule has 0 aliphatic heterocycles. The second-order valence-corrected chi connectivity index (χ2v) is 12.3. The van der Waals surface area contributed by atoms with Crippen molar-refractivity contribution in [2.24, 2.45) is 17.6 Å². The molecule has 1 aliphatic carbocycles. The summed E-state index contributed by atoms with van der Waals surface area (Å²) in [4.78, 5) is 20.7. The molecule has 7 rings (SSSR count). The highest BCUT2D eigenvalue weighted by atomic mass is 16.5. The van der Waals surface area contributed by atoms with Crippen molar-refractivity contribution in [3.8, 4) is 34.0 Å². The van der Waals surface area contributed by atoms with E-state index in [0.717, 1.165) is 11.1 Å². The number of nitrogens with zero attached hydrogens (tertiary/aromatic N) is 6. The third-order valence-electron chi connectivity index (χ3n) is 8.29. The van der Waals surface area contributed by atoms with Crippen LogP contribution in [0.15, 0.2) is 106 Å². The monoisotopic (exact) mass is 658 g/mol. The number of pyridine rings is 2. The zero-order valence-electron chi connectivity index (χ0n) is 27.7. The van der Waals surface area contributed by atoms with Crippen LogP contribution in [-0.4, -0.2) is 43.1 Å². The minimum atomic E-state index is -0.515. The molecule has 12 nitrogen and oxygen atoms in total. The molecule has 0 bridgehead atoms. The van der Waals surface area contributed by atoms with Crippen LogP contribution in [0.25, 0.3) is 34.0 Å².